The molecule has 0 aliphatic rings. The number of carboxylic acids is 1. The van der Waals surface area contributed by atoms with Gasteiger partial charge in [-0.25, -0.2) is 4.39 Å². The van der Waals surface area contributed by atoms with Crippen molar-refractivity contribution < 1.29 is 24.5 Å². The predicted molar refractivity (Wildman–Crippen MR) is 120 cm³/mol. The Hall–Kier alpha value is -2.57. The number of halogens is 1. The number of carbonyl (C=O) groups is 1. The number of aliphatic hydroxyl groups excluding tert-OH is 2. The number of benzene rings is 1. The molecule has 0 bridgehead atoms. The Labute approximate surface area is 183 Å². The van der Waals surface area contributed by atoms with E-state index in [1.807, 2.05) is 19.9 Å². The summed E-state index contributed by atoms with van der Waals surface area (Å²) in [6, 6.07) is 8.24. The standard InChI is InChI=1S/C25H32FNO4/c1-15(2)24-20(11-10-18(28)12-19(29)13-23(30)31)21(14-22(27-24)25(3,4)5)16-6-8-17(26)9-7-16/h6-11,14-15,18-19,28-29H,12-13H2,1-5H3,(H,30,31)/b11-10+/t18-,19-/m1/s1. The van der Waals surface area contributed by atoms with Crippen molar-refractivity contribution in [3.05, 3.63) is 59.2 Å². The summed E-state index contributed by atoms with van der Waals surface area (Å²) in [6.45, 7) is 10.3. The minimum Gasteiger partial charge on any atom is -0.481 e. The first-order chi connectivity index (χ1) is 14.4. The molecule has 168 valence electrons. The van der Waals surface area contributed by atoms with E-state index in [0.29, 0.717) is 0 Å². The van der Waals surface area contributed by atoms with Gasteiger partial charge in [0.15, 0.2) is 0 Å². The lowest BCUT2D eigenvalue weighted by Gasteiger charge is -2.23. The fourth-order valence-corrected chi connectivity index (χ4v) is 3.29. The highest BCUT2D eigenvalue weighted by Crippen LogP contribution is 2.34. The van der Waals surface area contributed by atoms with Crippen LogP contribution in [0, 0.1) is 5.82 Å². The summed E-state index contributed by atoms with van der Waals surface area (Å²) in [6.07, 6.45) is 0.630. The average Bonchev–Trinajstić information content (AvgIpc) is 2.64. The third kappa shape index (κ3) is 6.97. The number of hydrogen-bond donors (Lipinski definition) is 3. The zero-order valence-electron chi connectivity index (χ0n) is 18.8. The summed E-state index contributed by atoms with van der Waals surface area (Å²) in [5.74, 6) is -1.35. The number of pyridine rings is 1. The van der Waals surface area contributed by atoms with Gasteiger partial charge in [0.05, 0.1) is 24.3 Å². The van der Waals surface area contributed by atoms with E-state index in [-0.39, 0.29) is 23.6 Å². The zero-order chi connectivity index (χ0) is 23.3. The minimum absolute atomic E-state index is 0.0841. The van der Waals surface area contributed by atoms with Crippen molar-refractivity contribution in [3.8, 4) is 11.1 Å². The second-order valence-corrected chi connectivity index (χ2v) is 9.18. The first kappa shape index (κ1) is 24.7. The van der Waals surface area contributed by atoms with Crippen molar-refractivity contribution in [2.24, 2.45) is 0 Å². The molecule has 0 aliphatic carbocycles. The van der Waals surface area contributed by atoms with Gasteiger partial charge >= 0.3 is 5.97 Å². The Morgan fingerprint density at radius 3 is 2.29 bits per heavy atom. The van der Waals surface area contributed by atoms with Gasteiger partial charge in [0.25, 0.3) is 0 Å². The highest BCUT2D eigenvalue weighted by atomic mass is 19.1. The lowest BCUT2D eigenvalue weighted by molar-refractivity contribution is -0.139. The van der Waals surface area contributed by atoms with Crippen molar-refractivity contribution in [3.63, 3.8) is 0 Å². The van der Waals surface area contributed by atoms with Gasteiger partial charge in [-0.15, -0.1) is 0 Å². The van der Waals surface area contributed by atoms with E-state index in [2.05, 4.69) is 20.8 Å². The van der Waals surface area contributed by atoms with Crippen LogP contribution in [0.3, 0.4) is 0 Å². The molecule has 31 heavy (non-hydrogen) atoms. The van der Waals surface area contributed by atoms with Crippen molar-refractivity contribution >= 4 is 12.0 Å². The van der Waals surface area contributed by atoms with Gasteiger partial charge in [0.1, 0.15) is 5.82 Å². The third-order valence-corrected chi connectivity index (χ3v) is 4.97. The van der Waals surface area contributed by atoms with Crippen molar-refractivity contribution in [2.75, 3.05) is 0 Å². The molecular weight excluding hydrogens is 397 g/mol. The molecule has 0 unspecified atom stereocenters. The van der Waals surface area contributed by atoms with Gasteiger partial charge in [-0.2, -0.15) is 0 Å². The van der Waals surface area contributed by atoms with Gasteiger partial charge in [0.2, 0.25) is 0 Å². The van der Waals surface area contributed by atoms with Crippen LogP contribution in [-0.4, -0.2) is 38.5 Å². The fourth-order valence-electron chi connectivity index (χ4n) is 3.29. The first-order valence-corrected chi connectivity index (χ1v) is 10.5. The molecule has 0 radical (unpaired) electrons. The lowest BCUT2D eigenvalue weighted by Crippen LogP contribution is -2.19. The molecule has 0 saturated carbocycles. The second kappa shape index (κ2) is 10.2. The smallest absolute Gasteiger partial charge is 0.305 e. The molecule has 5 nitrogen and oxygen atoms in total. The lowest BCUT2D eigenvalue weighted by atomic mass is 9.86. The molecular formula is C25H32FNO4. The molecule has 0 aliphatic heterocycles. The summed E-state index contributed by atoms with van der Waals surface area (Å²) in [7, 11) is 0. The Kier molecular flexibility index (Phi) is 8.09. The Morgan fingerprint density at radius 1 is 1.16 bits per heavy atom. The monoisotopic (exact) mass is 429 g/mol. The number of rotatable bonds is 8. The summed E-state index contributed by atoms with van der Waals surface area (Å²) >= 11 is 0. The summed E-state index contributed by atoms with van der Waals surface area (Å²) in [5.41, 5.74) is 4.07. The predicted octanol–water partition coefficient (Wildman–Crippen LogP) is 4.91. The van der Waals surface area contributed by atoms with Gasteiger partial charge < -0.3 is 15.3 Å². The number of nitrogens with zero attached hydrogens (tertiary/aromatic N) is 1. The molecule has 0 fully saturated rings. The van der Waals surface area contributed by atoms with Crippen molar-refractivity contribution in [1.82, 2.24) is 4.98 Å². The Bertz CT molecular complexity index is 930. The maximum atomic E-state index is 13.5. The summed E-state index contributed by atoms with van der Waals surface area (Å²) in [5, 5.41) is 28.9. The summed E-state index contributed by atoms with van der Waals surface area (Å²) in [4.78, 5) is 15.6. The van der Waals surface area contributed by atoms with Crippen LogP contribution in [0.25, 0.3) is 17.2 Å². The van der Waals surface area contributed by atoms with E-state index >= 15 is 0 Å². The topological polar surface area (TPSA) is 90.7 Å². The van der Waals surface area contributed by atoms with E-state index in [4.69, 9.17) is 10.1 Å². The van der Waals surface area contributed by atoms with Gasteiger partial charge in [-0.1, -0.05) is 58.9 Å². The molecule has 0 saturated heterocycles. The quantitative estimate of drug-likeness (QED) is 0.555. The van der Waals surface area contributed by atoms with Crippen LogP contribution in [-0.2, 0) is 10.2 Å². The highest BCUT2D eigenvalue weighted by molar-refractivity contribution is 5.77. The van der Waals surface area contributed by atoms with E-state index in [9.17, 15) is 19.4 Å². The summed E-state index contributed by atoms with van der Waals surface area (Å²) < 4.78 is 13.5. The van der Waals surface area contributed by atoms with Crippen LogP contribution in [0.1, 0.15) is 70.3 Å². The molecule has 2 aromatic rings. The van der Waals surface area contributed by atoms with Crippen LogP contribution in [0.5, 0.6) is 0 Å². The van der Waals surface area contributed by atoms with Crippen LogP contribution in [0.4, 0.5) is 4.39 Å². The SMILES string of the molecule is CC(C)c1nc(C(C)(C)C)cc(-c2ccc(F)cc2)c1/C=C/[C@@H](O)C[C@@H](O)CC(=O)O. The molecule has 1 aromatic carbocycles. The highest BCUT2D eigenvalue weighted by Gasteiger charge is 2.22. The van der Waals surface area contributed by atoms with Crippen LogP contribution in [0.2, 0.25) is 0 Å². The second-order valence-electron chi connectivity index (χ2n) is 9.18. The molecule has 6 heteroatoms. The van der Waals surface area contributed by atoms with Gasteiger partial charge in [-0.05, 0) is 35.2 Å². The van der Waals surface area contributed by atoms with E-state index in [0.717, 1.165) is 28.1 Å². The molecule has 0 spiro atoms. The van der Waals surface area contributed by atoms with Gasteiger partial charge in [0, 0.05) is 23.1 Å². The molecule has 2 rings (SSSR count). The Balaban J connectivity index is 2.55. The van der Waals surface area contributed by atoms with E-state index in [1.54, 1.807) is 18.2 Å². The van der Waals surface area contributed by atoms with Crippen LogP contribution >= 0.6 is 0 Å². The van der Waals surface area contributed by atoms with Crippen LogP contribution in [0.15, 0.2) is 36.4 Å². The first-order valence-electron chi connectivity index (χ1n) is 10.5. The van der Waals surface area contributed by atoms with Crippen LogP contribution < -0.4 is 0 Å². The molecule has 0 amide bonds. The molecule has 1 aromatic heterocycles. The van der Waals surface area contributed by atoms with Gasteiger partial charge in [-0.3, -0.25) is 9.78 Å². The minimum atomic E-state index is -1.14. The number of carboxylic acid groups (broad SMARTS) is 1. The van der Waals surface area contributed by atoms with E-state index < -0.39 is 24.6 Å². The Morgan fingerprint density at radius 2 is 1.77 bits per heavy atom. The number of aliphatic hydroxyl groups is 2. The molecule has 1 heterocycles. The largest absolute Gasteiger partial charge is 0.481 e. The molecule has 2 atom stereocenters. The maximum absolute atomic E-state index is 13.5. The normalized spacial score (nSPS) is 14.2. The number of aromatic nitrogens is 1. The third-order valence-electron chi connectivity index (χ3n) is 4.97. The number of hydrogen-bond acceptors (Lipinski definition) is 4. The number of aliphatic carboxylic acids is 1. The maximum Gasteiger partial charge on any atom is 0.305 e. The van der Waals surface area contributed by atoms with Crippen molar-refractivity contribution in [1.29, 1.82) is 0 Å². The average molecular weight is 430 g/mol. The fraction of sp³-hybridized carbons (Fsp3) is 0.440. The van der Waals surface area contributed by atoms with Crippen molar-refractivity contribution in [2.45, 2.75) is 71.0 Å². The molecule has 3 N–H and O–H groups in total. The zero-order valence-corrected chi connectivity index (χ0v) is 18.8. The van der Waals surface area contributed by atoms with E-state index in [1.165, 1.54) is 18.2 Å².